The van der Waals surface area contributed by atoms with Crippen LogP contribution in [0.15, 0.2) is 36.4 Å². The lowest BCUT2D eigenvalue weighted by Crippen LogP contribution is -2.59. The van der Waals surface area contributed by atoms with Gasteiger partial charge in [0.2, 0.25) is 0 Å². The average molecular weight is 544 g/mol. The molecule has 0 atom stereocenters. The van der Waals surface area contributed by atoms with Crippen LogP contribution in [-0.2, 0) is 0 Å². The van der Waals surface area contributed by atoms with E-state index in [1.807, 2.05) is 68.5 Å². The summed E-state index contributed by atoms with van der Waals surface area (Å²) in [5, 5.41) is 13.0. The highest BCUT2D eigenvalue weighted by Crippen LogP contribution is 2.55. The largest absolute Gasteiger partial charge is 0.488 e. The number of aromatic nitrogens is 4. The highest BCUT2D eigenvalue weighted by molar-refractivity contribution is 6.33. The number of aryl methyl sites for hydroxylation is 1. The van der Waals surface area contributed by atoms with Gasteiger partial charge < -0.3 is 10.1 Å². The van der Waals surface area contributed by atoms with Gasteiger partial charge in [-0.2, -0.15) is 0 Å². The lowest BCUT2D eigenvalue weighted by atomic mass is 9.53. The van der Waals surface area contributed by atoms with Gasteiger partial charge in [0.05, 0.1) is 21.7 Å². The Bertz CT molecular complexity index is 1600. The molecular formula is C31H34ClN5O2. The second-order valence-electron chi connectivity index (χ2n) is 13.1. The Morgan fingerprint density at radius 1 is 1.03 bits per heavy atom. The van der Waals surface area contributed by atoms with E-state index in [0.717, 1.165) is 53.7 Å². The molecule has 4 saturated carbocycles. The van der Waals surface area contributed by atoms with Gasteiger partial charge in [0, 0.05) is 16.7 Å². The van der Waals surface area contributed by atoms with Crippen molar-refractivity contribution in [3.05, 3.63) is 52.7 Å². The number of nitrogens with zero attached hydrogens (tertiary/aromatic N) is 4. The molecule has 1 amide bonds. The summed E-state index contributed by atoms with van der Waals surface area (Å²) in [5.74, 6) is 3.57. The number of amides is 1. The lowest BCUT2D eigenvalue weighted by Gasteiger charge is -2.56. The van der Waals surface area contributed by atoms with Crippen LogP contribution in [0, 0.1) is 24.7 Å². The van der Waals surface area contributed by atoms with Gasteiger partial charge in [-0.25, -0.2) is 4.98 Å². The molecule has 0 saturated heterocycles. The van der Waals surface area contributed by atoms with Crippen molar-refractivity contribution in [2.24, 2.45) is 17.8 Å². The maximum atomic E-state index is 13.7. The zero-order chi connectivity index (χ0) is 27.1. The predicted octanol–water partition coefficient (Wildman–Crippen LogP) is 6.78. The number of halogens is 1. The highest BCUT2D eigenvalue weighted by atomic mass is 35.5. The molecule has 4 aromatic rings. The van der Waals surface area contributed by atoms with Crippen molar-refractivity contribution in [1.82, 2.24) is 24.9 Å². The fraction of sp³-hybridized carbons (Fsp3) is 0.484. The SMILES string of the molecule is Cc1nc2ccc(C(=O)NC34CC5CC(CC(C5)C3)C4)cc2n2c(-c3cc(OC(C)(C)C)ccc3Cl)nnc12. The number of rotatable bonds is 4. The maximum absolute atomic E-state index is 13.7. The number of hydrogen-bond acceptors (Lipinski definition) is 5. The minimum absolute atomic E-state index is 0.0131. The number of ether oxygens (including phenoxy) is 1. The quantitative estimate of drug-likeness (QED) is 0.307. The number of hydrogen-bond donors (Lipinski definition) is 1. The monoisotopic (exact) mass is 543 g/mol. The second kappa shape index (κ2) is 8.65. The lowest BCUT2D eigenvalue weighted by molar-refractivity contribution is -0.0167. The third kappa shape index (κ3) is 4.35. The van der Waals surface area contributed by atoms with Gasteiger partial charge in [-0.1, -0.05) is 11.6 Å². The first-order chi connectivity index (χ1) is 18.6. The number of nitrogens with one attached hydrogen (secondary N) is 1. The molecule has 0 spiro atoms. The van der Waals surface area contributed by atoms with Crippen LogP contribution in [0.3, 0.4) is 0 Å². The van der Waals surface area contributed by atoms with Crippen LogP contribution in [0.4, 0.5) is 0 Å². The Hall–Kier alpha value is -3.19. The third-order valence-electron chi connectivity index (χ3n) is 8.77. The smallest absolute Gasteiger partial charge is 0.251 e. The van der Waals surface area contributed by atoms with Crippen LogP contribution < -0.4 is 10.1 Å². The van der Waals surface area contributed by atoms with Crippen molar-refractivity contribution in [2.45, 2.75) is 77.4 Å². The molecule has 2 aromatic carbocycles. The number of carbonyl (C=O) groups excluding carboxylic acids is 1. The van der Waals surface area contributed by atoms with E-state index in [-0.39, 0.29) is 17.0 Å². The molecule has 2 heterocycles. The first kappa shape index (κ1) is 24.8. The predicted molar refractivity (Wildman–Crippen MR) is 152 cm³/mol. The fourth-order valence-electron chi connectivity index (χ4n) is 7.76. The Kier molecular flexibility index (Phi) is 5.51. The van der Waals surface area contributed by atoms with Crippen molar-refractivity contribution < 1.29 is 9.53 Å². The molecular weight excluding hydrogens is 510 g/mol. The minimum Gasteiger partial charge on any atom is -0.488 e. The zero-order valence-corrected chi connectivity index (χ0v) is 23.7. The Labute approximate surface area is 233 Å². The Morgan fingerprint density at radius 2 is 1.72 bits per heavy atom. The first-order valence-corrected chi connectivity index (χ1v) is 14.4. The highest BCUT2D eigenvalue weighted by Gasteiger charge is 2.51. The van der Waals surface area contributed by atoms with E-state index in [0.29, 0.717) is 33.4 Å². The number of benzene rings is 2. The van der Waals surface area contributed by atoms with Crippen LogP contribution in [0.25, 0.3) is 28.1 Å². The van der Waals surface area contributed by atoms with Gasteiger partial charge in [0.15, 0.2) is 11.5 Å². The molecule has 202 valence electrons. The van der Waals surface area contributed by atoms with Gasteiger partial charge in [0.1, 0.15) is 11.4 Å². The molecule has 0 aliphatic heterocycles. The van der Waals surface area contributed by atoms with Crippen molar-refractivity contribution in [1.29, 1.82) is 0 Å². The first-order valence-electron chi connectivity index (χ1n) is 14.0. The number of fused-ring (bicyclic) bond motifs is 3. The minimum atomic E-state index is -0.357. The van der Waals surface area contributed by atoms with Crippen LogP contribution in [0.5, 0.6) is 5.75 Å². The molecule has 7 nitrogen and oxygen atoms in total. The molecule has 4 fully saturated rings. The number of carbonyl (C=O) groups is 1. The van der Waals surface area contributed by atoms with Crippen molar-refractivity contribution in [2.75, 3.05) is 0 Å². The molecule has 0 unspecified atom stereocenters. The van der Waals surface area contributed by atoms with Crippen molar-refractivity contribution >= 4 is 34.2 Å². The molecule has 4 aliphatic rings. The molecule has 0 radical (unpaired) electrons. The van der Waals surface area contributed by atoms with Crippen LogP contribution in [0.1, 0.15) is 75.3 Å². The molecule has 8 heteroatoms. The van der Waals surface area contributed by atoms with Gasteiger partial charge in [-0.3, -0.25) is 9.20 Å². The standard InChI is InChI=1S/C31H34ClN5O2/c1-17-27-35-36-28(23-13-22(6-7-24(23)32)39-30(2,3)4)37(27)26-12-21(5-8-25(26)33-17)29(38)34-31-14-18-9-19(15-31)11-20(10-18)16-31/h5-8,12-13,18-20H,9-11,14-16H2,1-4H3,(H,34,38). The molecule has 4 bridgehead atoms. The van der Waals surface area contributed by atoms with Crippen molar-refractivity contribution in [3.8, 4) is 17.1 Å². The summed E-state index contributed by atoms with van der Waals surface area (Å²) in [4.78, 5) is 18.5. The summed E-state index contributed by atoms with van der Waals surface area (Å²) in [6.45, 7) is 7.94. The molecule has 1 N–H and O–H groups in total. The summed E-state index contributed by atoms with van der Waals surface area (Å²) in [6.07, 6.45) is 7.37. The van der Waals surface area contributed by atoms with Gasteiger partial charge >= 0.3 is 0 Å². The van der Waals surface area contributed by atoms with Crippen LogP contribution >= 0.6 is 11.6 Å². The van der Waals surface area contributed by atoms with Gasteiger partial charge in [-0.05, 0) is 120 Å². The van der Waals surface area contributed by atoms with E-state index in [2.05, 4.69) is 15.5 Å². The Morgan fingerprint density at radius 3 is 2.38 bits per heavy atom. The van der Waals surface area contributed by atoms with Crippen molar-refractivity contribution in [3.63, 3.8) is 0 Å². The zero-order valence-electron chi connectivity index (χ0n) is 22.9. The summed E-state index contributed by atoms with van der Waals surface area (Å²) < 4.78 is 8.06. The molecule has 8 rings (SSSR count). The molecule has 39 heavy (non-hydrogen) atoms. The summed E-state index contributed by atoms with van der Waals surface area (Å²) >= 11 is 6.69. The van der Waals surface area contributed by atoms with E-state index in [1.165, 1.54) is 19.3 Å². The summed E-state index contributed by atoms with van der Waals surface area (Å²) in [7, 11) is 0. The van der Waals surface area contributed by atoms with Crippen LogP contribution in [0.2, 0.25) is 5.02 Å². The topological polar surface area (TPSA) is 81.4 Å². The summed E-state index contributed by atoms with van der Waals surface area (Å²) in [6, 6.07) is 11.3. The third-order valence-corrected chi connectivity index (χ3v) is 9.10. The van der Waals surface area contributed by atoms with E-state index in [1.54, 1.807) is 0 Å². The van der Waals surface area contributed by atoms with E-state index in [4.69, 9.17) is 21.3 Å². The van der Waals surface area contributed by atoms with Gasteiger partial charge in [-0.15, -0.1) is 10.2 Å². The van der Waals surface area contributed by atoms with Crippen LogP contribution in [-0.4, -0.2) is 36.6 Å². The maximum Gasteiger partial charge on any atom is 0.251 e. The van der Waals surface area contributed by atoms with Gasteiger partial charge in [0.25, 0.3) is 5.91 Å². The average Bonchev–Trinajstić information content (AvgIpc) is 3.29. The fourth-order valence-corrected chi connectivity index (χ4v) is 7.96. The van der Waals surface area contributed by atoms with E-state index < -0.39 is 0 Å². The second-order valence-corrected chi connectivity index (χ2v) is 13.5. The van der Waals surface area contributed by atoms with E-state index >= 15 is 0 Å². The normalized spacial score (nSPS) is 25.9. The molecule has 4 aliphatic carbocycles. The Balaban J connectivity index is 1.30. The summed E-state index contributed by atoms with van der Waals surface area (Å²) in [5.41, 5.74) is 3.85. The van der Waals surface area contributed by atoms with E-state index in [9.17, 15) is 4.79 Å². The molecule has 2 aromatic heterocycles.